The number of anilines is 1. The molecule has 96 valence electrons. The first-order valence-corrected chi connectivity index (χ1v) is 8.56. The van der Waals surface area contributed by atoms with Crippen molar-refractivity contribution >= 4 is 49.1 Å². The van der Waals surface area contributed by atoms with Gasteiger partial charge in [-0.3, -0.25) is 4.21 Å². The molecule has 0 unspecified atom stereocenters. The minimum Gasteiger partial charge on any atom is -0.359 e. The van der Waals surface area contributed by atoms with Gasteiger partial charge in [-0.25, -0.2) is 4.98 Å². The second-order valence-electron chi connectivity index (χ2n) is 4.40. The van der Waals surface area contributed by atoms with Gasteiger partial charge in [-0.15, -0.1) is 0 Å². The molecule has 0 radical (unpaired) electrons. The molecule has 1 aliphatic rings. The normalized spacial score (nSPS) is 24.3. The number of rotatable bonds is 2. The molecule has 1 fully saturated rings. The van der Waals surface area contributed by atoms with Crippen LogP contribution < -0.4 is 5.32 Å². The third-order valence-electron chi connectivity index (χ3n) is 3.07. The molecule has 0 spiro atoms. The number of hydrogen-bond acceptors (Lipinski definition) is 4. The van der Waals surface area contributed by atoms with Crippen molar-refractivity contribution in [2.24, 2.45) is 0 Å². The van der Waals surface area contributed by atoms with Crippen LogP contribution in [-0.4, -0.2) is 26.7 Å². The summed E-state index contributed by atoms with van der Waals surface area (Å²) in [7, 11) is -0.611. The molecule has 2 heterocycles. The van der Waals surface area contributed by atoms with Crippen LogP contribution in [-0.2, 0) is 10.8 Å². The number of aromatic nitrogens is 1. The van der Waals surface area contributed by atoms with Crippen LogP contribution >= 0.6 is 22.9 Å². The lowest BCUT2D eigenvalue weighted by Crippen LogP contribution is -2.29. The maximum atomic E-state index is 11.3. The van der Waals surface area contributed by atoms with Crippen molar-refractivity contribution in [1.82, 2.24) is 4.98 Å². The lowest BCUT2D eigenvalue weighted by molar-refractivity contribution is 0.624. The molecule has 0 bridgehead atoms. The third kappa shape index (κ3) is 2.68. The zero-order valence-corrected chi connectivity index (χ0v) is 12.1. The van der Waals surface area contributed by atoms with Crippen LogP contribution in [0.5, 0.6) is 0 Å². The summed E-state index contributed by atoms with van der Waals surface area (Å²) < 4.78 is 12.4. The Morgan fingerprint density at radius 2 is 2.17 bits per heavy atom. The summed E-state index contributed by atoms with van der Waals surface area (Å²) in [6.45, 7) is 0. The van der Waals surface area contributed by atoms with E-state index in [1.807, 2.05) is 18.2 Å². The molecule has 0 saturated carbocycles. The Morgan fingerprint density at radius 3 is 2.94 bits per heavy atom. The predicted molar refractivity (Wildman–Crippen MR) is 79.2 cm³/mol. The van der Waals surface area contributed by atoms with Crippen molar-refractivity contribution in [2.45, 2.75) is 18.9 Å². The van der Waals surface area contributed by atoms with Crippen LogP contribution in [0.4, 0.5) is 5.13 Å². The van der Waals surface area contributed by atoms with Gasteiger partial charge in [0.05, 0.1) is 10.2 Å². The number of fused-ring (bicyclic) bond motifs is 1. The molecule has 6 heteroatoms. The number of nitrogens with zero attached hydrogens (tertiary/aromatic N) is 1. The van der Waals surface area contributed by atoms with E-state index in [2.05, 4.69) is 10.3 Å². The van der Waals surface area contributed by atoms with Crippen LogP contribution in [0.15, 0.2) is 18.2 Å². The molecule has 1 aromatic heterocycles. The van der Waals surface area contributed by atoms with E-state index in [1.54, 1.807) is 11.3 Å². The van der Waals surface area contributed by atoms with Crippen LogP contribution in [0.2, 0.25) is 5.02 Å². The average Bonchev–Trinajstić information content (AvgIpc) is 2.73. The summed E-state index contributed by atoms with van der Waals surface area (Å²) >= 11 is 7.58. The fourth-order valence-electron chi connectivity index (χ4n) is 2.07. The van der Waals surface area contributed by atoms with Gasteiger partial charge >= 0.3 is 0 Å². The Kier molecular flexibility index (Phi) is 3.54. The molecular weight excluding hydrogens is 288 g/mol. The van der Waals surface area contributed by atoms with Crippen molar-refractivity contribution < 1.29 is 4.21 Å². The number of thiazole rings is 1. The summed E-state index contributed by atoms with van der Waals surface area (Å²) in [5.41, 5.74) is 0.978. The van der Waals surface area contributed by atoms with E-state index in [4.69, 9.17) is 11.6 Å². The minimum absolute atomic E-state index is 0.402. The van der Waals surface area contributed by atoms with Gasteiger partial charge in [-0.05, 0) is 31.0 Å². The van der Waals surface area contributed by atoms with Crippen molar-refractivity contribution in [3.8, 4) is 0 Å². The van der Waals surface area contributed by atoms with Crippen molar-refractivity contribution in [2.75, 3.05) is 16.8 Å². The van der Waals surface area contributed by atoms with E-state index in [9.17, 15) is 4.21 Å². The summed E-state index contributed by atoms with van der Waals surface area (Å²) in [6, 6.07) is 6.14. The van der Waals surface area contributed by atoms with E-state index in [-0.39, 0.29) is 0 Å². The molecule has 1 saturated heterocycles. The van der Waals surface area contributed by atoms with Gasteiger partial charge in [-0.2, -0.15) is 0 Å². The highest BCUT2D eigenvalue weighted by atomic mass is 35.5. The smallest absolute Gasteiger partial charge is 0.184 e. The van der Waals surface area contributed by atoms with E-state index in [0.29, 0.717) is 6.04 Å². The van der Waals surface area contributed by atoms with Crippen LogP contribution in [0.3, 0.4) is 0 Å². The first-order chi connectivity index (χ1) is 8.70. The lowest BCUT2D eigenvalue weighted by atomic mass is 10.2. The quantitative estimate of drug-likeness (QED) is 0.925. The van der Waals surface area contributed by atoms with E-state index in [1.165, 1.54) is 0 Å². The molecule has 0 atom stereocenters. The molecule has 0 aliphatic carbocycles. The maximum absolute atomic E-state index is 11.3. The van der Waals surface area contributed by atoms with Gasteiger partial charge in [0.15, 0.2) is 5.13 Å². The number of halogens is 1. The maximum Gasteiger partial charge on any atom is 0.184 e. The number of nitrogens with one attached hydrogen (secondary N) is 1. The molecular formula is C12H13ClN2OS2. The van der Waals surface area contributed by atoms with Crippen LogP contribution in [0.1, 0.15) is 12.8 Å². The first-order valence-electron chi connectivity index (χ1n) is 5.88. The molecule has 18 heavy (non-hydrogen) atoms. The Hall–Kier alpha value is -0.650. The van der Waals surface area contributed by atoms with Gasteiger partial charge < -0.3 is 5.32 Å². The molecule has 3 rings (SSSR count). The Bertz CT molecular complexity index is 589. The van der Waals surface area contributed by atoms with Crippen LogP contribution in [0.25, 0.3) is 10.2 Å². The van der Waals surface area contributed by atoms with Crippen molar-refractivity contribution in [3.63, 3.8) is 0 Å². The first kappa shape index (κ1) is 12.4. The molecule has 1 aromatic carbocycles. The number of benzene rings is 1. The SMILES string of the molecule is O=S1CCC(Nc2nc3ccc(Cl)cc3s2)CC1. The van der Waals surface area contributed by atoms with Crippen molar-refractivity contribution in [3.05, 3.63) is 23.2 Å². The zero-order chi connectivity index (χ0) is 12.5. The molecule has 3 nitrogen and oxygen atoms in total. The van der Waals surface area contributed by atoms with Gasteiger partial charge in [0.2, 0.25) is 0 Å². The monoisotopic (exact) mass is 300 g/mol. The standard InChI is InChI=1S/C12H13ClN2OS2/c13-8-1-2-10-11(7-8)17-12(15-10)14-9-3-5-18(16)6-4-9/h1-2,7,9H,3-6H2,(H,14,15). The van der Waals surface area contributed by atoms with Gasteiger partial charge in [0, 0.05) is 33.4 Å². The molecule has 1 N–H and O–H groups in total. The highest BCUT2D eigenvalue weighted by molar-refractivity contribution is 7.85. The second-order valence-corrected chi connectivity index (χ2v) is 7.56. The topological polar surface area (TPSA) is 42.0 Å². The fourth-order valence-corrected chi connectivity index (χ4v) is 4.59. The summed E-state index contributed by atoms with van der Waals surface area (Å²) in [5, 5.41) is 5.12. The highest BCUT2D eigenvalue weighted by Gasteiger charge is 2.18. The number of hydrogen-bond donors (Lipinski definition) is 1. The second kappa shape index (κ2) is 5.15. The lowest BCUT2D eigenvalue weighted by Gasteiger charge is -2.21. The molecule has 1 aliphatic heterocycles. The van der Waals surface area contributed by atoms with Crippen molar-refractivity contribution in [1.29, 1.82) is 0 Å². The van der Waals surface area contributed by atoms with Gasteiger partial charge in [0.25, 0.3) is 0 Å². The Labute approximate surface area is 117 Å². The summed E-state index contributed by atoms with van der Waals surface area (Å²) in [5.74, 6) is 1.60. The summed E-state index contributed by atoms with van der Waals surface area (Å²) in [4.78, 5) is 4.54. The van der Waals surface area contributed by atoms with Gasteiger partial charge in [-0.1, -0.05) is 22.9 Å². The van der Waals surface area contributed by atoms with E-state index < -0.39 is 10.8 Å². The Balaban J connectivity index is 1.76. The van der Waals surface area contributed by atoms with Gasteiger partial charge in [0.1, 0.15) is 0 Å². The Morgan fingerprint density at radius 1 is 1.39 bits per heavy atom. The van der Waals surface area contributed by atoms with E-state index in [0.717, 1.165) is 44.7 Å². The molecule has 2 aromatic rings. The third-order valence-corrected chi connectivity index (χ3v) is 5.63. The van der Waals surface area contributed by atoms with Crippen LogP contribution in [0, 0.1) is 0 Å². The molecule has 0 amide bonds. The van der Waals surface area contributed by atoms with E-state index >= 15 is 0 Å². The summed E-state index contributed by atoms with van der Waals surface area (Å²) in [6.07, 6.45) is 1.92. The minimum atomic E-state index is -0.611. The average molecular weight is 301 g/mol. The highest BCUT2D eigenvalue weighted by Crippen LogP contribution is 2.29. The zero-order valence-electron chi connectivity index (χ0n) is 9.69. The fraction of sp³-hybridized carbons (Fsp3) is 0.417. The largest absolute Gasteiger partial charge is 0.359 e. The predicted octanol–water partition coefficient (Wildman–Crippen LogP) is 3.27.